The van der Waals surface area contributed by atoms with Crippen molar-refractivity contribution in [2.24, 2.45) is 0 Å². The molecule has 1 fully saturated rings. The molecule has 1 heterocycles. The Bertz CT molecular complexity index is 214. The summed E-state index contributed by atoms with van der Waals surface area (Å²) in [7, 11) is -2.58. The molecule has 1 saturated heterocycles. The van der Waals surface area contributed by atoms with E-state index in [9.17, 15) is 0 Å². The molecule has 1 aliphatic rings. The molecule has 0 aliphatic carbocycles. The second-order valence-corrected chi connectivity index (χ2v) is 7.74. The first-order chi connectivity index (χ1) is 9.76. The normalized spacial score (nSPS) is 18.4. The second kappa shape index (κ2) is 10.7. The molecule has 0 aromatic rings. The summed E-state index contributed by atoms with van der Waals surface area (Å²) < 4.78 is 28.7. The Balaban J connectivity index is 2.40. The molecule has 0 N–H and O–H groups in total. The molecule has 0 aromatic carbocycles. The zero-order chi connectivity index (χ0) is 14.7. The van der Waals surface area contributed by atoms with Crippen LogP contribution in [0.4, 0.5) is 0 Å². The van der Waals surface area contributed by atoms with E-state index in [1.807, 2.05) is 0 Å². The Morgan fingerprint density at radius 1 is 0.900 bits per heavy atom. The fourth-order valence-electron chi connectivity index (χ4n) is 1.69. The topological polar surface area (TPSA) is 49.5 Å². The summed E-state index contributed by atoms with van der Waals surface area (Å²) in [5.41, 5.74) is 0. The van der Waals surface area contributed by atoms with Gasteiger partial charge in [-0.3, -0.25) is 0 Å². The van der Waals surface area contributed by atoms with Gasteiger partial charge in [-0.1, -0.05) is 20.8 Å². The van der Waals surface area contributed by atoms with Gasteiger partial charge in [-0.05, 0) is 19.3 Å². The zero-order valence-corrected chi connectivity index (χ0v) is 14.2. The highest BCUT2D eigenvalue weighted by Gasteiger charge is 2.40. The van der Waals surface area contributed by atoms with Crippen molar-refractivity contribution >= 4 is 8.80 Å². The summed E-state index contributed by atoms with van der Waals surface area (Å²) in [4.78, 5) is 0. The molecule has 1 unspecified atom stereocenters. The summed E-state index contributed by atoms with van der Waals surface area (Å²) in [6, 6.07) is 0.722. The molecular weight excluding hydrogens is 276 g/mol. The molecule has 1 atom stereocenters. The van der Waals surface area contributed by atoms with Crippen LogP contribution in [0.1, 0.15) is 40.0 Å². The first-order valence-electron chi connectivity index (χ1n) is 7.87. The standard InChI is InChI=1S/C14H30O5Si/c1-4-7-17-20(18-8-5-2,19-9-6-3)11-10-15-12-14-13-16-14/h14H,4-13H2,1-3H3. The lowest BCUT2D eigenvalue weighted by Crippen LogP contribution is -2.47. The fraction of sp³-hybridized carbons (Fsp3) is 1.00. The first-order valence-corrected chi connectivity index (χ1v) is 9.80. The Labute approximate surface area is 124 Å². The Hall–Kier alpha value is 0.0169. The van der Waals surface area contributed by atoms with Crippen LogP contribution in [0.2, 0.25) is 6.04 Å². The first kappa shape index (κ1) is 18.1. The molecule has 0 bridgehead atoms. The van der Waals surface area contributed by atoms with Gasteiger partial charge in [-0.2, -0.15) is 0 Å². The van der Waals surface area contributed by atoms with Crippen LogP contribution in [0.5, 0.6) is 0 Å². The highest BCUT2D eigenvalue weighted by molar-refractivity contribution is 6.60. The molecule has 0 saturated carbocycles. The van der Waals surface area contributed by atoms with Crippen LogP contribution in [0.15, 0.2) is 0 Å². The molecule has 1 rings (SSSR count). The number of ether oxygens (including phenoxy) is 2. The predicted octanol–water partition coefficient (Wildman–Crippen LogP) is 2.62. The van der Waals surface area contributed by atoms with Gasteiger partial charge in [0.15, 0.2) is 0 Å². The molecule has 0 spiro atoms. The van der Waals surface area contributed by atoms with E-state index in [2.05, 4.69) is 20.8 Å². The molecule has 0 amide bonds. The predicted molar refractivity (Wildman–Crippen MR) is 79.8 cm³/mol. The van der Waals surface area contributed by atoms with E-state index in [0.717, 1.165) is 31.9 Å². The van der Waals surface area contributed by atoms with Crippen molar-refractivity contribution in [3.63, 3.8) is 0 Å². The lowest BCUT2D eigenvalue weighted by atomic mass is 10.5. The highest BCUT2D eigenvalue weighted by atomic mass is 28.4. The third kappa shape index (κ3) is 7.71. The van der Waals surface area contributed by atoms with Gasteiger partial charge < -0.3 is 22.8 Å². The van der Waals surface area contributed by atoms with Gasteiger partial charge in [0.1, 0.15) is 6.10 Å². The average Bonchev–Trinajstić information content (AvgIpc) is 3.29. The van der Waals surface area contributed by atoms with E-state index in [-0.39, 0.29) is 0 Å². The van der Waals surface area contributed by atoms with Crippen molar-refractivity contribution < 1.29 is 22.8 Å². The van der Waals surface area contributed by atoms with Crippen molar-refractivity contribution in [1.82, 2.24) is 0 Å². The third-order valence-corrected chi connectivity index (χ3v) is 5.59. The second-order valence-electron chi connectivity index (χ2n) is 5.01. The molecular formula is C14H30O5Si. The zero-order valence-electron chi connectivity index (χ0n) is 13.2. The monoisotopic (exact) mass is 306 g/mol. The van der Waals surface area contributed by atoms with Crippen molar-refractivity contribution in [3.05, 3.63) is 0 Å². The van der Waals surface area contributed by atoms with Gasteiger partial charge in [0.05, 0.1) is 19.8 Å². The Kier molecular flexibility index (Phi) is 9.67. The number of epoxide rings is 1. The minimum atomic E-state index is -2.58. The van der Waals surface area contributed by atoms with E-state index >= 15 is 0 Å². The quantitative estimate of drug-likeness (QED) is 0.280. The Morgan fingerprint density at radius 2 is 1.40 bits per heavy atom. The highest BCUT2D eigenvalue weighted by Crippen LogP contribution is 2.18. The molecule has 1 aliphatic heterocycles. The lowest BCUT2D eigenvalue weighted by molar-refractivity contribution is 0.0461. The molecule has 6 heteroatoms. The van der Waals surface area contributed by atoms with Gasteiger partial charge in [-0.25, -0.2) is 0 Å². The maximum Gasteiger partial charge on any atom is 0.503 e. The minimum Gasteiger partial charge on any atom is -0.379 e. The Morgan fingerprint density at radius 3 is 1.80 bits per heavy atom. The van der Waals surface area contributed by atoms with Crippen LogP contribution < -0.4 is 0 Å². The van der Waals surface area contributed by atoms with Gasteiger partial charge >= 0.3 is 8.80 Å². The van der Waals surface area contributed by atoms with E-state index < -0.39 is 8.80 Å². The van der Waals surface area contributed by atoms with Gasteiger partial charge in [0.25, 0.3) is 0 Å². The van der Waals surface area contributed by atoms with Crippen LogP contribution in [0.25, 0.3) is 0 Å². The molecule has 120 valence electrons. The average molecular weight is 306 g/mol. The van der Waals surface area contributed by atoms with Crippen molar-refractivity contribution in [3.8, 4) is 0 Å². The summed E-state index contributed by atoms with van der Waals surface area (Å²) >= 11 is 0. The van der Waals surface area contributed by atoms with Crippen LogP contribution in [-0.2, 0) is 22.8 Å². The van der Waals surface area contributed by atoms with Crippen LogP contribution in [0.3, 0.4) is 0 Å². The van der Waals surface area contributed by atoms with Gasteiger partial charge in [0, 0.05) is 25.9 Å². The largest absolute Gasteiger partial charge is 0.503 e. The SMILES string of the molecule is CCCO[Si](CCOCC1CO1)(OCCC)OCCC. The maximum atomic E-state index is 5.99. The summed E-state index contributed by atoms with van der Waals surface area (Å²) in [6.07, 6.45) is 3.21. The number of hydrogen-bond donors (Lipinski definition) is 0. The molecule has 5 nitrogen and oxygen atoms in total. The molecule has 20 heavy (non-hydrogen) atoms. The number of hydrogen-bond acceptors (Lipinski definition) is 5. The van der Waals surface area contributed by atoms with E-state index in [1.165, 1.54) is 0 Å². The van der Waals surface area contributed by atoms with Gasteiger partial charge in [-0.15, -0.1) is 0 Å². The van der Waals surface area contributed by atoms with Crippen LogP contribution in [0, 0.1) is 0 Å². The van der Waals surface area contributed by atoms with Crippen LogP contribution >= 0.6 is 0 Å². The van der Waals surface area contributed by atoms with E-state index in [4.69, 9.17) is 22.8 Å². The lowest BCUT2D eigenvalue weighted by Gasteiger charge is -2.29. The molecule has 0 aromatic heterocycles. The smallest absolute Gasteiger partial charge is 0.379 e. The van der Waals surface area contributed by atoms with E-state index in [0.29, 0.717) is 39.1 Å². The number of rotatable bonds is 14. The van der Waals surface area contributed by atoms with Crippen molar-refractivity contribution in [2.75, 3.05) is 39.6 Å². The van der Waals surface area contributed by atoms with Gasteiger partial charge in [0.2, 0.25) is 0 Å². The third-order valence-electron chi connectivity index (χ3n) is 2.84. The summed E-state index contributed by atoms with van der Waals surface area (Å²) in [5.74, 6) is 0. The maximum absolute atomic E-state index is 5.99. The molecule has 0 radical (unpaired) electrons. The minimum absolute atomic E-state index is 0.302. The van der Waals surface area contributed by atoms with Crippen LogP contribution in [-0.4, -0.2) is 54.5 Å². The fourth-order valence-corrected chi connectivity index (χ4v) is 4.31. The summed E-state index contributed by atoms with van der Waals surface area (Å²) in [6.45, 7) is 10.5. The van der Waals surface area contributed by atoms with Crippen molar-refractivity contribution in [2.45, 2.75) is 52.2 Å². The summed E-state index contributed by atoms with van der Waals surface area (Å²) in [5, 5.41) is 0. The van der Waals surface area contributed by atoms with E-state index in [1.54, 1.807) is 0 Å². The van der Waals surface area contributed by atoms with Crippen molar-refractivity contribution in [1.29, 1.82) is 0 Å².